The Balaban J connectivity index is 2.21. The number of hydrogen-bond donors (Lipinski definition) is 1. The van der Waals surface area contributed by atoms with Crippen molar-refractivity contribution in [2.45, 2.75) is 18.9 Å². The largest absolute Gasteiger partial charge is 0.309 e. The molecule has 1 aliphatic rings. The fourth-order valence-electron chi connectivity index (χ4n) is 1.56. The number of halogens is 1. The van der Waals surface area contributed by atoms with Gasteiger partial charge in [-0.05, 0) is 31.5 Å². The lowest BCUT2D eigenvalue weighted by Crippen LogP contribution is -2.13. The molecule has 1 atom stereocenters. The first kappa shape index (κ1) is 8.02. The van der Waals surface area contributed by atoms with E-state index in [1.165, 1.54) is 12.8 Å². The van der Waals surface area contributed by atoms with Crippen molar-refractivity contribution in [3.63, 3.8) is 0 Å². The minimum atomic E-state index is 0.420. The van der Waals surface area contributed by atoms with Crippen LogP contribution in [-0.4, -0.2) is 11.5 Å². The van der Waals surface area contributed by atoms with Gasteiger partial charge in [-0.1, -0.05) is 17.7 Å². The monoisotopic (exact) mass is 182 g/mol. The molecule has 1 fully saturated rings. The van der Waals surface area contributed by atoms with Crippen molar-refractivity contribution in [3.8, 4) is 0 Å². The van der Waals surface area contributed by atoms with Gasteiger partial charge in [-0.15, -0.1) is 0 Å². The van der Waals surface area contributed by atoms with E-state index in [-0.39, 0.29) is 0 Å². The molecule has 0 aromatic carbocycles. The highest BCUT2D eigenvalue weighted by Gasteiger charge is 2.16. The topological polar surface area (TPSA) is 24.9 Å². The Morgan fingerprint density at radius 3 is 3.08 bits per heavy atom. The average Bonchev–Trinajstić information content (AvgIpc) is 2.56. The molecule has 1 aliphatic heterocycles. The van der Waals surface area contributed by atoms with Crippen molar-refractivity contribution in [2.24, 2.45) is 0 Å². The van der Waals surface area contributed by atoms with Crippen LogP contribution in [0.15, 0.2) is 18.2 Å². The van der Waals surface area contributed by atoms with Crippen LogP contribution in [0, 0.1) is 0 Å². The van der Waals surface area contributed by atoms with Crippen LogP contribution in [-0.2, 0) is 0 Å². The molecule has 1 N–H and O–H groups in total. The molecule has 0 radical (unpaired) electrons. The highest BCUT2D eigenvalue weighted by Crippen LogP contribution is 2.21. The number of aromatic nitrogens is 1. The zero-order valence-corrected chi connectivity index (χ0v) is 7.51. The molecule has 12 heavy (non-hydrogen) atoms. The van der Waals surface area contributed by atoms with Gasteiger partial charge in [0.05, 0.1) is 5.69 Å². The lowest BCUT2D eigenvalue weighted by molar-refractivity contribution is 0.628. The molecule has 0 aliphatic carbocycles. The van der Waals surface area contributed by atoms with Crippen molar-refractivity contribution < 1.29 is 0 Å². The van der Waals surface area contributed by atoms with E-state index >= 15 is 0 Å². The fourth-order valence-corrected chi connectivity index (χ4v) is 1.73. The summed E-state index contributed by atoms with van der Waals surface area (Å²) in [6.07, 6.45) is 2.41. The maximum atomic E-state index is 5.78. The molecule has 64 valence electrons. The van der Waals surface area contributed by atoms with E-state index in [1.54, 1.807) is 6.07 Å². The number of pyridine rings is 1. The highest BCUT2D eigenvalue weighted by molar-refractivity contribution is 6.29. The third-order valence-electron chi connectivity index (χ3n) is 2.15. The predicted molar refractivity (Wildman–Crippen MR) is 49.2 cm³/mol. The van der Waals surface area contributed by atoms with Gasteiger partial charge in [0.25, 0.3) is 0 Å². The molecule has 1 aromatic rings. The lowest BCUT2D eigenvalue weighted by Gasteiger charge is -2.08. The van der Waals surface area contributed by atoms with Crippen LogP contribution in [0.1, 0.15) is 24.6 Å². The maximum Gasteiger partial charge on any atom is 0.129 e. The van der Waals surface area contributed by atoms with E-state index in [1.807, 2.05) is 12.1 Å². The van der Waals surface area contributed by atoms with Gasteiger partial charge in [0.15, 0.2) is 0 Å². The third-order valence-corrected chi connectivity index (χ3v) is 2.36. The maximum absolute atomic E-state index is 5.78. The number of rotatable bonds is 1. The van der Waals surface area contributed by atoms with Gasteiger partial charge in [-0.2, -0.15) is 0 Å². The molecule has 1 saturated heterocycles. The van der Waals surface area contributed by atoms with Gasteiger partial charge in [0.1, 0.15) is 5.15 Å². The minimum absolute atomic E-state index is 0.420. The second kappa shape index (κ2) is 3.42. The Bertz CT molecular complexity index is 269. The Morgan fingerprint density at radius 1 is 1.50 bits per heavy atom. The van der Waals surface area contributed by atoms with Gasteiger partial charge >= 0.3 is 0 Å². The van der Waals surface area contributed by atoms with Crippen LogP contribution in [0.3, 0.4) is 0 Å². The van der Waals surface area contributed by atoms with Crippen molar-refractivity contribution in [2.75, 3.05) is 6.54 Å². The van der Waals surface area contributed by atoms with Crippen LogP contribution in [0.25, 0.3) is 0 Å². The fraction of sp³-hybridized carbons (Fsp3) is 0.444. The SMILES string of the molecule is Clc1cccc([C@H]2CCCN2)n1. The minimum Gasteiger partial charge on any atom is -0.309 e. The molecule has 0 saturated carbocycles. The zero-order chi connectivity index (χ0) is 8.39. The molecule has 0 amide bonds. The summed E-state index contributed by atoms with van der Waals surface area (Å²) < 4.78 is 0. The van der Waals surface area contributed by atoms with Gasteiger partial charge in [0.2, 0.25) is 0 Å². The van der Waals surface area contributed by atoms with Crippen molar-refractivity contribution in [3.05, 3.63) is 29.0 Å². The van der Waals surface area contributed by atoms with Crippen molar-refractivity contribution in [1.82, 2.24) is 10.3 Å². The van der Waals surface area contributed by atoms with Crippen molar-refractivity contribution >= 4 is 11.6 Å². The van der Waals surface area contributed by atoms with Crippen LogP contribution in [0.4, 0.5) is 0 Å². The molecule has 2 heterocycles. The summed E-state index contributed by atoms with van der Waals surface area (Å²) in [5.41, 5.74) is 1.07. The molecular weight excluding hydrogens is 172 g/mol. The van der Waals surface area contributed by atoms with E-state index in [9.17, 15) is 0 Å². The summed E-state index contributed by atoms with van der Waals surface area (Å²) in [5.74, 6) is 0. The normalized spacial score (nSPS) is 22.9. The first-order valence-corrected chi connectivity index (χ1v) is 4.60. The number of nitrogens with one attached hydrogen (secondary N) is 1. The highest BCUT2D eigenvalue weighted by atomic mass is 35.5. The molecule has 3 heteroatoms. The predicted octanol–water partition coefficient (Wildman–Crippen LogP) is 2.16. The molecule has 0 bridgehead atoms. The third kappa shape index (κ3) is 1.59. The van der Waals surface area contributed by atoms with E-state index in [0.29, 0.717) is 11.2 Å². The second-order valence-electron chi connectivity index (χ2n) is 3.03. The molecular formula is C9H11ClN2. The first-order valence-electron chi connectivity index (χ1n) is 4.22. The molecule has 0 unspecified atom stereocenters. The Labute approximate surface area is 77.0 Å². The molecule has 2 rings (SSSR count). The molecule has 1 aromatic heterocycles. The standard InChI is InChI=1S/C9H11ClN2/c10-9-5-1-3-8(12-9)7-4-2-6-11-7/h1,3,5,7,11H,2,4,6H2/t7-/m1/s1. The summed E-state index contributed by atoms with van der Waals surface area (Å²) in [6, 6.07) is 6.20. The first-order chi connectivity index (χ1) is 5.86. The van der Waals surface area contributed by atoms with E-state index < -0.39 is 0 Å². The molecule has 0 spiro atoms. The number of nitrogens with zero attached hydrogens (tertiary/aromatic N) is 1. The van der Waals surface area contributed by atoms with E-state index in [0.717, 1.165) is 12.2 Å². The second-order valence-corrected chi connectivity index (χ2v) is 3.42. The van der Waals surface area contributed by atoms with Gasteiger partial charge in [-0.3, -0.25) is 0 Å². The summed E-state index contributed by atoms with van der Waals surface area (Å²) in [4.78, 5) is 4.26. The van der Waals surface area contributed by atoms with Gasteiger partial charge in [-0.25, -0.2) is 4.98 Å². The summed E-state index contributed by atoms with van der Waals surface area (Å²) in [7, 11) is 0. The van der Waals surface area contributed by atoms with E-state index in [2.05, 4.69) is 10.3 Å². The van der Waals surface area contributed by atoms with Gasteiger partial charge in [0, 0.05) is 6.04 Å². The summed E-state index contributed by atoms with van der Waals surface area (Å²) in [5, 5.41) is 3.96. The zero-order valence-electron chi connectivity index (χ0n) is 6.76. The quantitative estimate of drug-likeness (QED) is 0.674. The van der Waals surface area contributed by atoms with Crippen LogP contribution >= 0.6 is 11.6 Å². The smallest absolute Gasteiger partial charge is 0.129 e. The van der Waals surface area contributed by atoms with Gasteiger partial charge < -0.3 is 5.32 Å². The average molecular weight is 183 g/mol. The van der Waals surface area contributed by atoms with Crippen molar-refractivity contribution in [1.29, 1.82) is 0 Å². The Morgan fingerprint density at radius 2 is 2.42 bits per heavy atom. The molecule has 2 nitrogen and oxygen atoms in total. The summed E-state index contributed by atoms with van der Waals surface area (Å²) >= 11 is 5.78. The van der Waals surface area contributed by atoms with Crippen LogP contribution in [0.5, 0.6) is 0 Å². The van der Waals surface area contributed by atoms with E-state index in [4.69, 9.17) is 11.6 Å². The lowest BCUT2D eigenvalue weighted by atomic mass is 10.1. The van der Waals surface area contributed by atoms with Crippen LogP contribution in [0.2, 0.25) is 5.15 Å². The Hall–Kier alpha value is -0.600. The van der Waals surface area contributed by atoms with Crippen LogP contribution < -0.4 is 5.32 Å². The number of hydrogen-bond acceptors (Lipinski definition) is 2. The Kier molecular flexibility index (Phi) is 2.28. The summed E-state index contributed by atoms with van der Waals surface area (Å²) in [6.45, 7) is 1.10.